The molecule has 0 amide bonds. The number of rotatable bonds is 1. The Bertz CT molecular complexity index is 886. The number of nitrogens with one attached hydrogen (secondary N) is 1. The molecule has 2 heterocycles. The van der Waals surface area contributed by atoms with Crippen molar-refractivity contribution in [3.63, 3.8) is 0 Å². The first kappa shape index (κ1) is 12.4. The first-order chi connectivity index (χ1) is 10.1. The van der Waals surface area contributed by atoms with Crippen LogP contribution < -0.4 is 4.48 Å². The van der Waals surface area contributed by atoms with E-state index in [2.05, 4.69) is 80.6 Å². The van der Waals surface area contributed by atoms with Crippen LogP contribution in [0.2, 0.25) is 0 Å². The molecule has 0 aliphatic carbocycles. The minimum Gasteiger partial charge on any atom is -0.354 e. The van der Waals surface area contributed by atoms with Crippen molar-refractivity contribution in [2.75, 3.05) is 7.05 Å². The fraction of sp³-hybridized carbons (Fsp3) is 0.158. The SMILES string of the molecule is Cc1ccc2c(c1)C=C[N+]2(C)c1c(C)[nH]c2ccccc12. The second-order valence-corrected chi connectivity index (χ2v) is 6.10. The van der Waals surface area contributed by atoms with E-state index >= 15 is 0 Å². The maximum atomic E-state index is 3.52. The lowest BCUT2D eigenvalue weighted by Gasteiger charge is -2.27. The molecule has 1 atom stereocenters. The third-order valence-corrected chi connectivity index (χ3v) is 4.56. The van der Waals surface area contributed by atoms with Gasteiger partial charge in [-0.25, -0.2) is 4.48 Å². The number of nitrogens with zero attached hydrogens (tertiary/aromatic N) is 1. The molecule has 1 unspecified atom stereocenters. The van der Waals surface area contributed by atoms with Crippen molar-refractivity contribution in [3.05, 3.63) is 65.5 Å². The topological polar surface area (TPSA) is 15.8 Å². The average Bonchev–Trinajstić information content (AvgIpc) is 2.96. The van der Waals surface area contributed by atoms with Gasteiger partial charge in [0.25, 0.3) is 0 Å². The molecule has 0 radical (unpaired) electrons. The summed E-state index contributed by atoms with van der Waals surface area (Å²) in [6, 6.07) is 15.3. The Morgan fingerprint density at radius 2 is 1.81 bits per heavy atom. The lowest BCUT2D eigenvalue weighted by molar-refractivity contribution is 0.625. The Hall–Kier alpha value is -2.32. The average molecular weight is 275 g/mol. The molecule has 0 saturated carbocycles. The molecule has 2 aromatic carbocycles. The molecule has 4 rings (SSSR count). The van der Waals surface area contributed by atoms with Gasteiger partial charge in [0.05, 0.1) is 23.6 Å². The third-order valence-electron chi connectivity index (χ3n) is 4.56. The largest absolute Gasteiger partial charge is 0.354 e. The van der Waals surface area contributed by atoms with E-state index in [1.165, 1.54) is 39.1 Å². The van der Waals surface area contributed by atoms with Crippen molar-refractivity contribution in [1.82, 2.24) is 9.47 Å². The number of aromatic amines is 1. The minimum atomic E-state index is 0.728. The summed E-state index contributed by atoms with van der Waals surface area (Å²) < 4.78 is 0.728. The van der Waals surface area contributed by atoms with Crippen LogP contribution in [0.15, 0.2) is 48.7 Å². The molecule has 21 heavy (non-hydrogen) atoms. The van der Waals surface area contributed by atoms with E-state index in [1.54, 1.807) is 0 Å². The molecule has 2 nitrogen and oxygen atoms in total. The normalized spacial score (nSPS) is 20.1. The molecule has 0 spiro atoms. The Balaban J connectivity index is 2.03. The van der Waals surface area contributed by atoms with E-state index in [4.69, 9.17) is 0 Å². The zero-order valence-corrected chi connectivity index (χ0v) is 12.6. The Morgan fingerprint density at radius 1 is 1.00 bits per heavy atom. The zero-order valence-electron chi connectivity index (χ0n) is 12.6. The van der Waals surface area contributed by atoms with Crippen LogP contribution in [0.5, 0.6) is 0 Å². The highest BCUT2D eigenvalue weighted by molar-refractivity contribution is 5.97. The second kappa shape index (κ2) is 4.09. The van der Waals surface area contributed by atoms with Gasteiger partial charge in [0, 0.05) is 17.7 Å². The van der Waals surface area contributed by atoms with Crippen LogP contribution in [-0.2, 0) is 0 Å². The lowest BCUT2D eigenvalue weighted by Crippen LogP contribution is -2.31. The lowest BCUT2D eigenvalue weighted by atomic mass is 10.1. The maximum absolute atomic E-state index is 3.52. The summed E-state index contributed by atoms with van der Waals surface area (Å²) in [6.07, 6.45) is 4.52. The van der Waals surface area contributed by atoms with Crippen LogP contribution in [0.3, 0.4) is 0 Å². The summed E-state index contributed by atoms with van der Waals surface area (Å²) in [5.74, 6) is 0. The molecule has 1 aliphatic rings. The number of hydrogen-bond donors (Lipinski definition) is 1. The number of aromatic nitrogens is 1. The number of quaternary nitrogens is 1. The molecule has 0 fully saturated rings. The van der Waals surface area contributed by atoms with Crippen LogP contribution in [0.25, 0.3) is 17.0 Å². The number of hydrogen-bond acceptors (Lipinski definition) is 0. The Morgan fingerprint density at radius 3 is 2.67 bits per heavy atom. The van der Waals surface area contributed by atoms with Gasteiger partial charge < -0.3 is 4.98 Å². The maximum Gasteiger partial charge on any atom is 0.170 e. The van der Waals surface area contributed by atoms with Crippen molar-refractivity contribution >= 4 is 28.4 Å². The summed E-state index contributed by atoms with van der Waals surface area (Å²) in [5.41, 5.74) is 7.75. The van der Waals surface area contributed by atoms with Gasteiger partial charge in [-0.3, -0.25) is 0 Å². The summed E-state index contributed by atoms with van der Waals surface area (Å²) in [6.45, 7) is 4.31. The summed E-state index contributed by atoms with van der Waals surface area (Å²) >= 11 is 0. The summed E-state index contributed by atoms with van der Waals surface area (Å²) in [4.78, 5) is 3.52. The van der Waals surface area contributed by atoms with Crippen LogP contribution in [0.1, 0.15) is 16.8 Å². The quantitative estimate of drug-likeness (QED) is 0.599. The molecular weight excluding hydrogens is 256 g/mol. The number of aryl methyl sites for hydroxylation is 2. The highest BCUT2D eigenvalue weighted by atomic mass is 15.3. The standard InChI is InChI=1S/C19H19N2/c1-13-8-9-18-15(12-13)10-11-21(18,3)19-14(2)20-17-7-5-4-6-16(17)19/h4-12,20H,1-3H3/q+1. The van der Waals surface area contributed by atoms with Gasteiger partial charge in [0.15, 0.2) is 5.69 Å². The molecule has 0 bridgehead atoms. The van der Waals surface area contributed by atoms with Gasteiger partial charge in [0.2, 0.25) is 0 Å². The predicted molar refractivity (Wildman–Crippen MR) is 90.6 cm³/mol. The monoisotopic (exact) mass is 275 g/mol. The van der Waals surface area contributed by atoms with Crippen LogP contribution >= 0.6 is 0 Å². The molecule has 104 valence electrons. The van der Waals surface area contributed by atoms with Crippen molar-refractivity contribution in [2.45, 2.75) is 13.8 Å². The molecule has 1 aliphatic heterocycles. The molecule has 3 aromatic rings. The Kier molecular flexibility index (Phi) is 2.42. The fourth-order valence-electron chi connectivity index (χ4n) is 3.60. The Labute approximate surface area is 124 Å². The van der Waals surface area contributed by atoms with Crippen molar-refractivity contribution in [1.29, 1.82) is 0 Å². The number of fused-ring (bicyclic) bond motifs is 2. The second-order valence-electron chi connectivity index (χ2n) is 6.10. The highest BCUT2D eigenvalue weighted by Gasteiger charge is 2.36. The van der Waals surface area contributed by atoms with Gasteiger partial charge in [-0.2, -0.15) is 0 Å². The van der Waals surface area contributed by atoms with Gasteiger partial charge in [-0.1, -0.05) is 23.8 Å². The number of benzene rings is 2. The molecular formula is C19H19N2+. The summed E-state index contributed by atoms with van der Waals surface area (Å²) in [7, 11) is 2.26. The highest BCUT2D eigenvalue weighted by Crippen LogP contribution is 2.46. The van der Waals surface area contributed by atoms with E-state index in [0.29, 0.717) is 0 Å². The minimum absolute atomic E-state index is 0.728. The van der Waals surface area contributed by atoms with Crippen LogP contribution in [0, 0.1) is 13.8 Å². The van der Waals surface area contributed by atoms with Gasteiger partial charge in [-0.15, -0.1) is 0 Å². The third kappa shape index (κ3) is 1.63. The smallest absolute Gasteiger partial charge is 0.170 e. The van der Waals surface area contributed by atoms with E-state index in [-0.39, 0.29) is 0 Å². The zero-order chi connectivity index (χ0) is 14.6. The van der Waals surface area contributed by atoms with Crippen LogP contribution in [-0.4, -0.2) is 12.0 Å². The molecule has 1 N–H and O–H groups in total. The van der Waals surface area contributed by atoms with Crippen molar-refractivity contribution < 1.29 is 0 Å². The van der Waals surface area contributed by atoms with Gasteiger partial charge >= 0.3 is 0 Å². The number of para-hydroxylation sites is 1. The molecule has 0 saturated heterocycles. The fourth-order valence-corrected chi connectivity index (χ4v) is 3.60. The van der Waals surface area contributed by atoms with E-state index < -0.39 is 0 Å². The first-order valence-electron chi connectivity index (χ1n) is 7.34. The molecule has 2 heteroatoms. The van der Waals surface area contributed by atoms with Crippen LogP contribution in [0.4, 0.5) is 11.4 Å². The van der Waals surface area contributed by atoms with Gasteiger partial charge in [-0.05, 0) is 32.0 Å². The predicted octanol–water partition coefficient (Wildman–Crippen LogP) is 5.04. The van der Waals surface area contributed by atoms with E-state index in [9.17, 15) is 0 Å². The summed E-state index contributed by atoms with van der Waals surface area (Å²) in [5, 5.41) is 1.30. The van der Waals surface area contributed by atoms with E-state index in [1.807, 2.05) is 0 Å². The number of H-pyrrole nitrogens is 1. The van der Waals surface area contributed by atoms with Crippen molar-refractivity contribution in [3.8, 4) is 0 Å². The van der Waals surface area contributed by atoms with E-state index in [0.717, 1.165) is 4.48 Å². The van der Waals surface area contributed by atoms with Gasteiger partial charge in [0.1, 0.15) is 11.9 Å². The van der Waals surface area contributed by atoms with Crippen molar-refractivity contribution in [2.24, 2.45) is 0 Å². The molecule has 1 aromatic heterocycles. The first-order valence-corrected chi connectivity index (χ1v) is 7.34.